The van der Waals surface area contributed by atoms with Gasteiger partial charge in [0.05, 0.1) is 5.69 Å². The smallest absolute Gasteiger partial charge is 0.117 e. The second-order valence-electron chi connectivity index (χ2n) is 2.72. The van der Waals surface area contributed by atoms with Crippen molar-refractivity contribution < 1.29 is 5.11 Å². The first-order valence-electron chi connectivity index (χ1n) is 3.52. The first-order valence-corrected chi connectivity index (χ1v) is 5.51. The van der Waals surface area contributed by atoms with Gasteiger partial charge in [-0.15, -0.1) is 0 Å². The maximum atomic E-state index is 9.97. The van der Waals surface area contributed by atoms with Crippen LogP contribution in [0.15, 0.2) is 11.4 Å². The molecule has 0 radical (unpaired) electrons. The monoisotopic (exact) mass is 187 g/mol. The van der Waals surface area contributed by atoms with E-state index < -0.39 is 5.60 Å². The molecule has 60 valence electrons. The molecule has 0 aromatic carbocycles. The van der Waals surface area contributed by atoms with Gasteiger partial charge in [0.15, 0.2) is 0 Å². The van der Waals surface area contributed by atoms with E-state index in [1.807, 2.05) is 11.4 Å². The van der Waals surface area contributed by atoms with Crippen molar-refractivity contribution in [2.24, 2.45) is 0 Å². The molecule has 1 fully saturated rings. The third-order valence-electron chi connectivity index (χ3n) is 1.92. The fourth-order valence-electron chi connectivity index (χ4n) is 1.21. The number of nitrogens with zero attached hydrogens (tertiary/aromatic N) is 1. The van der Waals surface area contributed by atoms with Crippen LogP contribution < -0.4 is 0 Å². The maximum absolute atomic E-state index is 9.97. The molecule has 2 nitrogen and oxygen atoms in total. The average molecular weight is 187 g/mol. The standard InChI is InChI=1S/C7H9NOS2/c9-7(2-4-10-5-7)6-1-3-11-8-6/h1,3,9H,2,4-5H2. The van der Waals surface area contributed by atoms with Gasteiger partial charge in [0.1, 0.15) is 5.60 Å². The number of rotatable bonds is 1. The molecule has 2 heterocycles. The molecule has 4 heteroatoms. The Morgan fingerprint density at radius 1 is 1.64 bits per heavy atom. The lowest BCUT2D eigenvalue weighted by Crippen LogP contribution is -2.24. The fourth-order valence-corrected chi connectivity index (χ4v) is 3.06. The summed E-state index contributed by atoms with van der Waals surface area (Å²) < 4.78 is 4.15. The molecule has 0 spiro atoms. The highest BCUT2D eigenvalue weighted by Gasteiger charge is 2.35. The minimum Gasteiger partial charge on any atom is -0.383 e. The van der Waals surface area contributed by atoms with Gasteiger partial charge in [0, 0.05) is 11.1 Å². The van der Waals surface area contributed by atoms with Crippen LogP contribution >= 0.6 is 23.3 Å². The molecule has 1 aromatic rings. The van der Waals surface area contributed by atoms with Crippen molar-refractivity contribution in [1.82, 2.24) is 4.37 Å². The van der Waals surface area contributed by atoms with E-state index in [4.69, 9.17) is 0 Å². The van der Waals surface area contributed by atoms with E-state index in [1.165, 1.54) is 11.5 Å². The van der Waals surface area contributed by atoms with Crippen molar-refractivity contribution in [1.29, 1.82) is 0 Å². The normalized spacial score (nSPS) is 31.0. The third kappa shape index (κ3) is 1.30. The van der Waals surface area contributed by atoms with E-state index in [0.717, 1.165) is 23.6 Å². The summed E-state index contributed by atoms with van der Waals surface area (Å²) in [6, 6.07) is 1.91. The lowest BCUT2D eigenvalue weighted by Gasteiger charge is -2.17. The van der Waals surface area contributed by atoms with Crippen molar-refractivity contribution >= 4 is 23.3 Å². The predicted octanol–water partition coefficient (Wildman–Crippen LogP) is 1.47. The molecule has 1 saturated heterocycles. The van der Waals surface area contributed by atoms with Crippen LogP contribution in [0.3, 0.4) is 0 Å². The summed E-state index contributed by atoms with van der Waals surface area (Å²) in [6.07, 6.45) is 0.849. The van der Waals surface area contributed by atoms with Gasteiger partial charge in [-0.2, -0.15) is 16.1 Å². The van der Waals surface area contributed by atoms with Crippen LogP contribution in [0.1, 0.15) is 12.1 Å². The predicted molar refractivity (Wildman–Crippen MR) is 48.0 cm³/mol. The molecule has 1 N–H and O–H groups in total. The van der Waals surface area contributed by atoms with Crippen molar-refractivity contribution in [3.63, 3.8) is 0 Å². The molecule has 0 aliphatic carbocycles. The van der Waals surface area contributed by atoms with Gasteiger partial charge in [-0.3, -0.25) is 0 Å². The Kier molecular flexibility index (Phi) is 1.91. The van der Waals surface area contributed by atoms with Crippen LogP contribution in [0.25, 0.3) is 0 Å². The first kappa shape index (κ1) is 7.58. The summed E-state index contributed by atoms with van der Waals surface area (Å²) in [5, 5.41) is 11.9. The van der Waals surface area contributed by atoms with Gasteiger partial charge in [-0.1, -0.05) is 0 Å². The molecule has 1 aliphatic rings. The Morgan fingerprint density at radius 3 is 3.09 bits per heavy atom. The zero-order valence-corrected chi connectivity index (χ0v) is 7.62. The van der Waals surface area contributed by atoms with E-state index in [-0.39, 0.29) is 0 Å². The molecule has 0 amide bonds. The van der Waals surface area contributed by atoms with Crippen LogP contribution in [0.2, 0.25) is 0 Å². The second-order valence-corrected chi connectivity index (χ2v) is 4.49. The van der Waals surface area contributed by atoms with E-state index in [2.05, 4.69) is 4.37 Å². The molecule has 1 aliphatic heterocycles. The van der Waals surface area contributed by atoms with Crippen molar-refractivity contribution in [2.45, 2.75) is 12.0 Å². The number of aliphatic hydroxyl groups is 1. The largest absolute Gasteiger partial charge is 0.383 e. The molecule has 1 atom stereocenters. The molecule has 11 heavy (non-hydrogen) atoms. The van der Waals surface area contributed by atoms with Gasteiger partial charge in [0.2, 0.25) is 0 Å². The van der Waals surface area contributed by atoms with Gasteiger partial charge in [0.25, 0.3) is 0 Å². The molecule has 0 bridgehead atoms. The Balaban J connectivity index is 2.27. The highest BCUT2D eigenvalue weighted by Crippen LogP contribution is 2.35. The van der Waals surface area contributed by atoms with Gasteiger partial charge < -0.3 is 5.11 Å². The maximum Gasteiger partial charge on any atom is 0.117 e. The summed E-state index contributed by atoms with van der Waals surface area (Å²) in [6.45, 7) is 0. The third-order valence-corrected chi connectivity index (χ3v) is 3.65. The van der Waals surface area contributed by atoms with E-state index in [0.29, 0.717) is 0 Å². The minimum absolute atomic E-state index is 0.620. The summed E-state index contributed by atoms with van der Waals surface area (Å²) in [7, 11) is 0. The van der Waals surface area contributed by atoms with Crippen LogP contribution in [0, 0.1) is 0 Å². The van der Waals surface area contributed by atoms with Crippen molar-refractivity contribution in [3.8, 4) is 0 Å². The van der Waals surface area contributed by atoms with Crippen LogP contribution in [0.5, 0.6) is 0 Å². The Bertz CT molecular complexity index is 229. The van der Waals surface area contributed by atoms with Gasteiger partial charge >= 0.3 is 0 Å². The van der Waals surface area contributed by atoms with Gasteiger partial charge in [-0.25, -0.2) is 0 Å². The second kappa shape index (κ2) is 2.77. The number of hydrogen-bond donors (Lipinski definition) is 1. The van der Waals surface area contributed by atoms with E-state index >= 15 is 0 Å². The SMILES string of the molecule is OC1(c2ccsn2)CCSC1. The minimum atomic E-state index is -0.620. The van der Waals surface area contributed by atoms with Crippen molar-refractivity contribution in [2.75, 3.05) is 11.5 Å². The molecule has 2 rings (SSSR count). The summed E-state index contributed by atoms with van der Waals surface area (Å²) in [5.74, 6) is 1.85. The fraction of sp³-hybridized carbons (Fsp3) is 0.571. The van der Waals surface area contributed by atoms with Crippen LogP contribution in [-0.4, -0.2) is 21.0 Å². The van der Waals surface area contributed by atoms with Crippen LogP contribution in [0.4, 0.5) is 0 Å². The zero-order chi connectivity index (χ0) is 7.73. The quantitative estimate of drug-likeness (QED) is 0.722. The van der Waals surface area contributed by atoms with Crippen LogP contribution in [-0.2, 0) is 5.60 Å². The lowest BCUT2D eigenvalue weighted by atomic mass is 10.00. The molecular formula is C7H9NOS2. The first-order chi connectivity index (χ1) is 5.31. The molecular weight excluding hydrogens is 178 g/mol. The summed E-state index contributed by atoms with van der Waals surface area (Å²) in [4.78, 5) is 0. The number of hydrogen-bond acceptors (Lipinski definition) is 4. The average Bonchev–Trinajstić information content (AvgIpc) is 2.55. The Morgan fingerprint density at radius 2 is 2.55 bits per heavy atom. The number of thioether (sulfide) groups is 1. The lowest BCUT2D eigenvalue weighted by molar-refractivity contribution is 0.0622. The zero-order valence-electron chi connectivity index (χ0n) is 5.99. The highest BCUT2D eigenvalue weighted by atomic mass is 32.2. The Labute approximate surface area is 73.8 Å². The molecule has 1 unspecified atom stereocenters. The summed E-state index contributed by atoms with van der Waals surface area (Å²) >= 11 is 3.20. The van der Waals surface area contributed by atoms with E-state index in [1.54, 1.807) is 11.8 Å². The molecule has 0 saturated carbocycles. The van der Waals surface area contributed by atoms with Crippen molar-refractivity contribution in [3.05, 3.63) is 17.1 Å². The molecule has 1 aromatic heterocycles. The summed E-state index contributed by atoms with van der Waals surface area (Å²) in [5.41, 5.74) is 0.234. The number of aromatic nitrogens is 1. The highest BCUT2D eigenvalue weighted by molar-refractivity contribution is 7.99. The Hall–Kier alpha value is -0.0600. The van der Waals surface area contributed by atoms with E-state index in [9.17, 15) is 5.11 Å². The van der Waals surface area contributed by atoms with Gasteiger partial charge in [-0.05, 0) is 29.8 Å². The topological polar surface area (TPSA) is 33.1 Å².